The monoisotopic (exact) mass is 220 g/mol. The van der Waals surface area contributed by atoms with Gasteiger partial charge in [0.05, 0.1) is 5.69 Å². The second-order valence-corrected chi connectivity index (χ2v) is 5.05. The molecule has 0 aliphatic carbocycles. The van der Waals surface area contributed by atoms with Gasteiger partial charge in [0.1, 0.15) is 17.5 Å². The van der Waals surface area contributed by atoms with Crippen LogP contribution in [0, 0.1) is 11.3 Å². The maximum atomic E-state index is 9.12. The third kappa shape index (κ3) is 2.35. The molecule has 1 aromatic rings. The van der Waals surface area contributed by atoms with Crippen molar-refractivity contribution in [3.63, 3.8) is 0 Å². The predicted molar refractivity (Wildman–Crippen MR) is 65.0 cm³/mol. The Bertz CT molecular complexity index is 404. The largest absolute Gasteiger partial charge is 0.383 e. The smallest absolute Gasteiger partial charge is 0.140 e. The molecule has 0 radical (unpaired) electrons. The molecule has 4 nitrogen and oxygen atoms in total. The Hall–Kier alpha value is -1.50. The molecule has 0 aromatic carbocycles. The fourth-order valence-electron chi connectivity index (χ4n) is 1.59. The molecule has 0 fully saturated rings. The van der Waals surface area contributed by atoms with E-state index in [2.05, 4.69) is 18.1 Å². The molecular weight excluding hydrogens is 200 g/mol. The zero-order chi connectivity index (χ0) is 12.3. The second-order valence-electron chi connectivity index (χ2n) is 5.05. The Morgan fingerprint density at radius 3 is 2.44 bits per heavy atom. The van der Waals surface area contributed by atoms with E-state index in [-0.39, 0.29) is 5.41 Å². The first kappa shape index (κ1) is 12.6. The Kier molecular flexibility index (Phi) is 3.58. The lowest BCUT2D eigenvalue weighted by atomic mass is 9.90. The third-order valence-corrected chi connectivity index (χ3v) is 2.54. The van der Waals surface area contributed by atoms with Crippen molar-refractivity contribution < 1.29 is 0 Å². The van der Waals surface area contributed by atoms with Gasteiger partial charge in [0, 0.05) is 12.0 Å². The van der Waals surface area contributed by atoms with E-state index in [0.29, 0.717) is 11.4 Å². The molecule has 4 heteroatoms. The van der Waals surface area contributed by atoms with Crippen LogP contribution in [0.25, 0.3) is 0 Å². The molecule has 88 valence electrons. The minimum atomic E-state index is -0.142. The first-order valence-electron chi connectivity index (χ1n) is 5.68. The normalized spacial score (nSPS) is 11.4. The van der Waals surface area contributed by atoms with Gasteiger partial charge in [-0.1, -0.05) is 34.1 Å². The van der Waals surface area contributed by atoms with Gasteiger partial charge in [0.25, 0.3) is 0 Å². The standard InChI is InChI=1S/C12H20N4/c1-5-6-7-16-11(14)9(8-13)10(15-16)12(2,3)4/h5-7,14H2,1-4H3. The number of rotatable bonds is 3. The van der Waals surface area contributed by atoms with Crippen molar-refractivity contribution in [2.75, 3.05) is 5.73 Å². The molecule has 1 heterocycles. The molecule has 0 atom stereocenters. The average molecular weight is 220 g/mol. The highest BCUT2D eigenvalue weighted by Gasteiger charge is 2.25. The number of aryl methyl sites for hydroxylation is 1. The van der Waals surface area contributed by atoms with Gasteiger partial charge in [-0.25, -0.2) is 4.68 Å². The topological polar surface area (TPSA) is 67.6 Å². The van der Waals surface area contributed by atoms with Gasteiger partial charge < -0.3 is 5.73 Å². The number of hydrogen-bond acceptors (Lipinski definition) is 3. The van der Waals surface area contributed by atoms with Gasteiger partial charge in [-0.3, -0.25) is 0 Å². The summed E-state index contributed by atoms with van der Waals surface area (Å²) in [5, 5.41) is 13.6. The van der Waals surface area contributed by atoms with Crippen LogP contribution < -0.4 is 5.73 Å². The van der Waals surface area contributed by atoms with Crippen LogP contribution in [-0.2, 0) is 12.0 Å². The Morgan fingerprint density at radius 1 is 1.44 bits per heavy atom. The van der Waals surface area contributed by atoms with Crippen LogP contribution in [0.1, 0.15) is 51.8 Å². The SMILES string of the molecule is CCCCn1nc(C(C)(C)C)c(C#N)c1N. The van der Waals surface area contributed by atoms with E-state index in [0.717, 1.165) is 25.1 Å². The Balaban J connectivity index is 3.17. The van der Waals surface area contributed by atoms with E-state index in [1.165, 1.54) is 0 Å². The first-order valence-corrected chi connectivity index (χ1v) is 5.68. The van der Waals surface area contributed by atoms with Crippen molar-refractivity contribution in [2.24, 2.45) is 0 Å². The summed E-state index contributed by atoms with van der Waals surface area (Å²) in [6.45, 7) is 9.03. The molecule has 0 saturated heterocycles. The minimum Gasteiger partial charge on any atom is -0.383 e. The van der Waals surface area contributed by atoms with E-state index >= 15 is 0 Å². The van der Waals surface area contributed by atoms with Crippen molar-refractivity contribution >= 4 is 5.82 Å². The Labute approximate surface area is 97.1 Å². The maximum absolute atomic E-state index is 9.12. The van der Waals surface area contributed by atoms with Crippen LogP contribution in [0.2, 0.25) is 0 Å². The number of aromatic nitrogens is 2. The summed E-state index contributed by atoms with van der Waals surface area (Å²) in [4.78, 5) is 0. The maximum Gasteiger partial charge on any atom is 0.140 e. The molecule has 0 unspecified atom stereocenters. The molecule has 0 spiro atoms. The van der Waals surface area contributed by atoms with Crippen LogP contribution in [0.5, 0.6) is 0 Å². The van der Waals surface area contributed by atoms with Crippen LogP contribution in [-0.4, -0.2) is 9.78 Å². The molecule has 0 bridgehead atoms. The summed E-state index contributed by atoms with van der Waals surface area (Å²) in [6, 6.07) is 2.16. The summed E-state index contributed by atoms with van der Waals surface area (Å²) < 4.78 is 1.75. The number of nitrogens with zero attached hydrogens (tertiary/aromatic N) is 3. The van der Waals surface area contributed by atoms with Crippen molar-refractivity contribution in [3.05, 3.63) is 11.3 Å². The van der Waals surface area contributed by atoms with E-state index in [1.54, 1.807) is 4.68 Å². The fraction of sp³-hybridized carbons (Fsp3) is 0.667. The lowest BCUT2D eigenvalue weighted by Gasteiger charge is -2.15. The fourth-order valence-corrected chi connectivity index (χ4v) is 1.59. The lowest BCUT2D eigenvalue weighted by molar-refractivity contribution is 0.521. The van der Waals surface area contributed by atoms with Crippen LogP contribution in [0.15, 0.2) is 0 Å². The molecule has 16 heavy (non-hydrogen) atoms. The van der Waals surface area contributed by atoms with Gasteiger partial charge in [0.2, 0.25) is 0 Å². The second kappa shape index (κ2) is 4.56. The number of hydrogen-bond donors (Lipinski definition) is 1. The lowest BCUT2D eigenvalue weighted by Crippen LogP contribution is -2.14. The predicted octanol–water partition coefficient (Wildman–Crippen LogP) is 2.43. The first-order chi connectivity index (χ1) is 7.41. The van der Waals surface area contributed by atoms with Crippen molar-refractivity contribution in [2.45, 2.75) is 52.5 Å². The van der Waals surface area contributed by atoms with Gasteiger partial charge >= 0.3 is 0 Å². The summed E-state index contributed by atoms with van der Waals surface area (Å²) >= 11 is 0. The average Bonchev–Trinajstić information content (AvgIpc) is 2.51. The number of nitrogen functional groups attached to an aromatic ring is 1. The highest BCUT2D eigenvalue weighted by molar-refractivity contribution is 5.53. The molecular formula is C12H20N4. The number of nitriles is 1. The summed E-state index contributed by atoms with van der Waals surface area (Å²) in [6.07, 6.45) is 2.12. The number of anilines is 1. The van der Waals surface area contributed by atoms with Crippen LogP contribution in [0.4, 0.5) is 5.82 Å². The Morgan fingerprint density at radius 2 is 2.06 bits per heavy atom. The third-order valence-electron chi connectivity index (χ3n) is 2.54. The number of nitrogens with two attached hydrogens (primary N) is 1. The van der Waals surface area contributed by atoms with Gasteiger partial charge in [-0.05, 0) is 6.42 Å². The van der Waals surface area contributed by atoms with E-state index in [4.69, 9.17) is 11.0 Å². The van der Waals surface area contributed by atoms with E-state index in [1.807, 2.05) is 20.8 Å². The molecule has 0 amide bonds. The van der Waals surface area contributed by atoms with Gasteiger partial charge in [0.15, 0.2) is 0 Å². The molecule has 0 aliphatic rings. The highest BCUT2D eigenvalue weighted by Crippen LogP contribution is 2.28. The molecule has 1 rings (SSSR count). The van der Waals surface area contributed by atoms with Crippen molar-refractivity contribution in [1.82, 2.24) is 9.78 Å². The quantitative estimate of drug-likeness (QED) is 0.850. The summed E-state index contributed by atoms with van der Waals surface area (Å²) in [5.74, 6) is 0.501. The molecule has 0 aliphatic heterocycles. The summed E-state index contributed by atoms with van der Waals surface area (Å²) in [5.41, 5.74) is 7.11. The van der Waals surface area contributed by atoms with Crippen molar-refractivity contribution in [1.29, 1.82) is 5.26 Å². The van der Waals surface area contributed by atoms with Gasteiger partial charge in [-0.15, -0.1) is 0 Å². The van der Waals surface area contributed by atoms with E-state index in [9.17, 15) is 0 Å². The van der Waals surface area contributed by atoms with E-state index < -0.39 is 0 Å². The molecule has 2 N–H and O–H groups in total. The van der Waals surface area contributed by atoms with Crippen LogP contribution >= 0.6 is 0 Å². The van der Waals surface area contributed by atoms with Crippen LogP contribution in [0.3, 0.4) is 0 Å². The summed E-state index contributed by atoms with van der Waals surface area (Å²) in [7, 11) is 0. The zero-order valence-corrected chi connectivity index (χ0v) is 10.5. The zero-order valence-electron chi connectivity index (χ0n) is 10.5. The van der Waals surface area contributed by atoms with Crippen molar-refractivity contribution in [3.8, 4) is 6.07 Å². The minimum absolute atomic E-state index is 0.142. The number of unbranched alkanes of at least 4 members (excludes halogenated alkanes) is 1. The highest BCUT2D eigenvalue weighted by atomic mass is 15.3. The molecule has 1 aromatic heterocycles. The van der Waals surface area contributed by atoms with Gasteiger partial charge in [-0.2, -0.15) is 10.4 Å². The molecule has 0 saturated carbocycles.